The molecule has 4 rings (SSSR count). The number of nitrogens with zero attached hydrogens (tertiary/aromatic N) is 2. The van der Waals surface area contributed by atoms with Crippen LogP contribution in [0.1, 0.15) is 31.3 Å². The lowest BCUT2D eigenvalue weighted by atomic mass is 9.94. The minimum Gasteiger partial charge on any atom is -0.381 e. The van der Waals surface area contributed by atoms with E-state index < -0.39 is 0 Å². The van der Waals surface area contributed by atoms with Gasteiger partial charge in [0.25, 0.3) is 0 Å². The number of fused-ring (bicyclic) bond motifs is 3. The molecule has 132 valence electrons. The lowest BCUT2D eigenvalue weighted by molar-refractivity contribution is 0.0664. The molecule has 0 atom stereocenters. The molecule has 25 heavy (non-hydrogen) atoms. The first-order valence-electron chi connectivity index (χ1n) is 8.87. The van der Waals surface area contributed by atoms with Gasteiger partial charge >= 0.3 is 0 Å². The Hall–Kier alpha value is -1.50. The SMILES string of the molecule is CCOCc1nc2c(CC3CCOCC3)nc3ccc(Br)cc3c2[nH]1. The highest BCUT2D eigenvalue weighted by Crippen LogP contribution is 2.30. The second-order valence-corrected chi connectivity index (χ2v) is 7.44. The van der Waals surface area contributed by atoms with Crippen LogP contribution in [0.15, 0.2) is 22.7 Å². The molecule has 0 radical (unpaired) electrons. The molecule has 2 aromatic heterocycles. The van der Waals surface area contributed by atoms with Gasteiger partial charge in [0.05, 0.1) is 16.7 Å². The number of aromatic nitrogens is 3. The summed E-state index contributed by atoms with van der Waals surface area (Å²) in [6.07, 6.45) is 3.14. The van der Waals surface area contributed by atoms with Crippen LogP contribution in [0.25, 0.3) is 21.9 Å². The van der Waals surface area contributed by atoms with Crippen LogP contribution in [-0.4, -0.2) is 34.8 Å². The van der Waals surface area contributed by atoms with Crippen molar-refractivity contribution in [1.82, 2.24) is 15.0 Å². The van der Waals surface area contributed by atoms with Gasteiger partial charge in [0.1, 0.15) is 17.9 Å². The summed E-state index contributed by atoms with van der Waals surface area (Å²) in [5.74, 6) is 1.48. The highest BCUT2D eigenvalue weighted by molar-refractivity contribution is 9.10. The van der Waals surface area contributed by atoms with Crippen molar-refractivity contribution in [3.63, 3.8) is 0 Å². The van der Waals surface area contributed by atoms with Gasteiger partial charge in [0.2, 0.25) is 0 Å². The van der Waals surface area contributed by atoms with Crippen LogP contribution in [0.3, 0.4) is 0 Å². The van der Waals surface area contributed by atoms with Gasteiger partial charge in [-0.1, -0.05) is 15.9 Å². The van der Waals surface area contributed by atoms with Crippen molar-refractivity contribution in [1.29, 1.82) is 0 Å². The number of pyridine rings is 1. The molecule has 5 nitrogen and oxygen atoms in total. The number of rotatable bonds is 5. The predicted molar refractivity (Wildman–Crippen MR) is 102 cm³/mol. The Morgan fingerprint density at radius 3 is 2.92 bits per heavy atom. The van der Waals surface area contributed by atoms with Gasteiger partial charge in [0, 0.05) is 29.7 Å². The Labute approximate surface area is 155 Å². The van der Waals surface area contributed by atoms with Crippen LogP contribution in [0.4, 0.5) is 0 Å². The number of nitrogens with one attached hydrogen (secondary N) is 1. The van der Waals surface area contributed by atoms with E-state index in [1.165, 1.54) is 0 Å². The molecule has 0 saturated carbocycles. The van der Waals surface area contributed by atoms with Crippen LogP contribution < -0.4 is 0 Å². The molecule has 1 saturated heterocycles. The topological polar surface area (TPSA) is 60.0 Å². The molecule has 6 heteroatoms. The molecular weight excluding hydrogens is 382 g/mol. The third-order valence-corrected chi connectivity index (χ3v) is 5.27. The standard InChI is InChI=1S/C19H22BrN3O2/c1-2-24-11-17-22-18-14-10-13(20)3-4-15(14)21-16(19(18)23-17)9-12-5-7-25-8-6-12/h3-4,10,12H,2,5-9,11H2,1H3,(H,22,23). The van der Waals surface area contributed by atoms with Crippen LogP contribution in [0, 0.1) is 5.92 Å². The van der Waals surface area contributed by atoms with Crippen LogP contribution in [-0.2, 0) is 22.5 Å². The van der Waals surface area contributed by atoms with Gasteiger partial charge in [-0.2, -0.15) is 0 Å². The van der Waals surface area contributed by atoms with Gasteiger partial charge in [-0.25, -0.2) is 4.98 Å². The summed E-state index contributed by atoms with van der Waals surface area (Å²) in [6.45, 7) is 4.87. The number of halogens is 1. The smallest absolute Gasteiger partial charge is 0.133 e. The highest BCUT2D eigenvalue weighted by Gasteiger charge is 2.19. The Morgan fingerprint density at radius 1 is 1.28 bits per heavy atom. The number of H-pyrrole nitrogens is 1. The monoisotopic (exact) mass is 403 g/mol. The number of hydrogen-bond donors (Lipinski definition) is 1. The maximum atomic E-state index is 5.53. The molecule has 0 aliphatic carbocycles. The summed E-state index contributed by atoms with van der Waals surface area (Å²) < 4.78 is 12.1. The lowest BCUT2D eigenvalue weighted by Gasteiger charge is -2.21. The Bertz CT molecular complexity index is 887. The number of aromatic amines is 1. The minimum absolute atomic E-state index is 0.497. The quantitative estimate of drug-likeness (QED) is 0.686. The van der Waals surface area contributed by atoms with E-state index in [0.29, 0.717) is 19.1 Å². The van der Waals surface area contributed by atoms with E-state index in [1.807, 2.05) is 13.0 Å². The first kappa shape index (κ1) is 16.9. The van der Waals surface area contributed by atoms with Crippen molar-refractivity contribution in [2.24, 2.45) is 5.92 Å². The zero-order chi connectivity index (χ0) is 17.2. The second-order valence-electron chi connectivity index (χ2n) is 6.52. The van der Waals surface area contributed by atoms with E-state index in [4.69, 9.17) is 19.4 Å². The predicted octanol–water partition coefficient (Wildman–Crippen LogP) is 4.38. The maximum Gasteiger partial charge on any atom is 0.133 e. The second kappa shape index (κ2) is 7.40. The van der Waals surface area contributed by atoms with Crippen LogP contribution in [0.5, 0.6) is 0 Å². The fourth-order valence-corrected chi connectivity index (χ4v) is 3.82. The Morgan fingerprint density at radius 2 is 2.12 bits per heavy atom. The molecule has 0 spiro atoms. The Balaban J connectivity index is 1.81. The zero-order valence-electron chi connectivity index (χ0n) is 14.3. The van der Waals surface area contributed by atoms with Crippen molar-refractivity contribution < 1.29 is 9.47 Å². The summed E-state index contributed by atoms with van der Waals surface area (Å²) >= 11 is 3.56. The van der Waals surface area contributed by atoms with Gasteiger partial charge in [-0.3, -0.25) is 4.98 Å². The van der Waals surface area contributed by atoms with Gasteiger partial charge in [-0.05, 0) is 50.3 Å². The number of benzene rings is 1. The van der Waals surface area contributed by atoms with Crippen molar-refractivity contribution in [2.75, 3.05) is 19.8 Å². The zero-order valence-corrected chi connectivity index (χ0v) is 15.9. The molecule has 0 bridgehead atoms. The molecule has 1 N–H and O–H groups in total. The highest BCUT2D eigenvalue weighted by atomic mass is 79.9. The average Bonchev–Trinajstić information content (AvgIpc) is 3.06. The molecule has 1 aliphatic rings. The summed E-state index contributed by atoms with van der Waals surface area (Å²) in [5, 5.41) is 1.09. The molecule has 0 amide bonds. The van der Waals surface area contributed by atoms with Crippen LogP contribution in [0.2, 0.25) is 0 Å². The van der Waals surface area contributed by atoms with Crippen molar-refractivity contribution in [3.05, 3.63) is 34.2 Å². The molecule has 3 heterocycles. The van der Waals surface area contributed by atoms with E-state index in [2.05, 4.69) is 33.0 Å². The molecular formula is C19H22BrN3O2. The normalized spacial score (nSPS) is 16.1. The number of hydrogen-bond acceptors (Lipinski definition) is 4. The van der Waals surface area contributed by atoms with E-state index in [9.17, 15) is 0 Å². The third-order valence-electron chi connectivity index (χ3n) is 4.78. The van der Waals surface area contributed by atoms with Crippen LogP contribution >= 0.6 is 15.9 Å². The van der Waals surface area contributed by atoms with Gasteiger partial charge < -0.3 is 14.5 Å². The molecule has 1 aliphatic heterocycles. The van der Waals surface area contributed by atoms with Gasteiger partial charge in [0.15, 0.2) is 0 Å². The van der Waals surface area contributed by atoms with Gasteiger partial charge in [-0.15, -0.1) is 0 Å². The summed E-state index contributed by atoms with van der Waals surface area (Å²) in [6, 6.07) is 6.21. The third kappa shape index (κ3) is 3.57. The first-order valence-corrected chi connectivity index (χ1v) is 9.66. The minimum atomic E-state index is 0.497. The Kier molecular flexibility index (Phi) is 5.01. The van der Waals surface area contributed by atoms with E-state index in [1.54, 1.807) is 0 Å². The van der Waals surface area contributed by atoms with E-state index in [-0.39, 0.29) is 0 Å². The summed E-state index contributed by atoms with van der Waals surface area (Å²) in [4.78, 5) is 13.2. The van der Waals surface area contributed by atoms with E-state index >= 15 is 0 Å². The first-order chi connectivity index (χ1) is 12.2. The lowest BCUT2D eigenvalue weighted by Crippen LogP contribution is -2.18. The summed E-state index contributed by atoms with van der Waals surface area (Å²) in [5.41, 5.74) is 4.12. The maximum absolute atomic E-state index is 5.53. The fraction of sp³-hybridized carbons (Fsp3) is 0.474. The largest absolute Gasteiger partial charge is 0.381 e. The average molecular weight is 404 g/mol. The van der Waals surface area contributed by atoms with Crippen molar-refractivity contribution in [3.8, 4) is 0 Å². The van der Waals surface area contributed by atoms with E-state index in [0.717, 1.165) is 70.4 Å². The van der Waals surface area contributed by atoms with Crippen molar-refractivity contribution in [2.45, 2.75) is 32.8 Å². The summed E-state index contributed by atoms with van der Waals surface area (Å²) in [7, 11) is 0. The molecule has 1 fully saturated rings. The molecule has 3 aromatic rings. The fourth-order valence-electron chi connectivity index (χ4n) is 3.46. The molecule has 1 aromatic carbocycles. The van der Waals surface area contributed by atoms with Crippen molar-refractivity contribution >= 4 is 37.9 Å². The number of ether oxygens (including phenoxy) is 2. The molecule has 0 unspecified atom stereocenters. The number of imidazole rings is 1.